The van der Waals surface area contributed by atoms with Crippen LogP contribution in [0.2, 0.25) is 0 Å². The maximum atomic E-state index is 3.59. The molecule has 2 N–H and O–H groups in total. The van der Waals surface area contributed by atoms with Gasteiger partial charge >= 0.3 is 0 Å². The number of hydrogen-bond acceptors (Lipinski definition) is 2. The Balaban J connectivity index is 1.39. The van der Waals surface area contributed by atoms with Crippen LogP contribution in [-0.4, -0.2) is 30.2 Å². The molecular formula is C17H25N3. The van der Waals surface area contributed by atoms with E-state index in [1.807, 2.05) is 0 Å². The summed E-state index contributed by atoms with van der Waals surface area (Å²) >= 11 is 0. The fourth-order valence-corrected chi connectivity index (χ4v) is 3.08. The highest BCUT2D eigenvalue weighted by Gasteiger charge is 2.11. The summed E-state index contributed by atoms with van der Waals surface area (Å²) in [5.41, 5.74) is 1.35. The first-order valence-corrected chi connectivity index (χ1v) is 7.91. The number of fused-ring (bicyclic) bond motifs is 1. The Hall–Kier alpha value is -1.32. The quantitative estimate of drug-likeness (QED) is 0.791. The SMILES string of the molecule is c1ccc2c(c1)ccn2CCCNCC1CCCCN1. The number of aromatic nitrogens is 1. The van der Waals surface area contributed by atoms with Gasteiger partial charge in [0, 0.05) is 30.8 Å². The second kappa shape index (κ2) is 6.91. The average Bonchev–Trinajstić information content (AvgIpc) is 2.91. The number of aryl methyl sites for hydroxylation is 1. The van der Waals surface area contributed by atoms with Crippen molar-refractivity contribution in [3.63, 3.8) is 0 Å². The Morgan fingerprint density at radius 1 is 1.20 bits per heavy atom. The number of nitrogens with zero attached hydrogens (tertiary/aromatic N) is 1. The molecule has 0 aliphatic carbocycles. The lowest BCUT2D eigenvalue weighted by molar-refractivity contribution is 0.381. The summed E-state index contributed by atoms with van der Waals surface area (Å²) in [7, 11) is 0. The first kappa shape index (κ1) is 13.7. The highest BCUT2D eigenvalue weighted by molar-refractivity contribution is 5.79. The summed E-state index contributed by atoms with van der Waals surface area (Å²) in [6.07, 6.45) is 7.44. The maximum absolute atomic E-state index is 3.59. The molecule has 3 rings (SSSR count). The molecule has 3 heteroatoms. The van der Waals surface area contributed by atoms with Gasteiger partial charge in [-0.1, -0.05) is 24.6 Å². The fraction of sp³-hybridized carbons (Fsp3) is 0.529. The normalized spacial score (nSPS) is 19.5. The minimum Gasteiger partial charge on any atom is -0.347 e. The molecule has 0 radical (unpaired) electrons. The molecule has 1 aliphatic heterocycles. The van der Waals surface area contributed by atoms with Gasteiger partial charge in [-0.2, -0.15) is 0 Å². The molecule has 108 valence electrons. The lowest BCUT2D eigenvalue weighted by Crippen LogP contribution is -2.42. The number of benzene rings is 1. The summed E-state index contributed by atoms with van der Waals surface area (Å²) in [6, 6.07) is 11.5. The van der Waals surface area contributed by atoms with Gasteiger partial charge in [0.15, 0.2) is 0 Å². The van der Waals surface area contributed by atoms with Crippen LogP contribution in [0.15, 0.2) is 36.5 Å². The van der Waals surface area contributed by atoms with Crippen LogP contribution in [0.3, 0.4) is 0 Å². The zero-order valence-corrected chi connectivity index (χ0v) is 12.1. The van der Waals surface area contributed by atoms with E-state index in [4.69, 9.17) is 0 Å². The van der Waals surface area contributed by atoms with E-state index >= 15 is 0 Å². The van der Waals surface area contributed by atoms with Crippen molar-refractivity contribution < 1.29 is 0 Å². The molecule has 1 saturated heterocycles. The van der Waals surface area contributed by atoms with Crippen molar-refractivity contribution in [2.45, 2.75) is 38.3 Å². The molecule has 1 unspecified atom stereocenters. The zero-order valence-electron chi connectivity index (χ0n) is 12.1. The van der Waals surface area contributed by atoms with Gasteiger partial charge < -0.3 is 15.2 Å². The molecule has 3 nitrogen and oxygen atoms in total. The molecular weight excluding hydrogens is 246 g/mol. The number of rotatable bonds is 6. The summed E-state index contributed by atoms with van der Waals surface area (Å²) < 4.78 is 2.36. The van der Waals surface area contributed by atoms with Gasteiger partial charge in [-0.25, -0.2) is 0 Å². The molecule has 20 heavy (non-hydrogen) atoms. The second-order valence-corrected chi connectivity index (χ2v) is 5.77. The van der Waals surface area contributed by atoms with Crippen molar-refractivity contribution in [3.05, 3.63) is 36.5 Å². The molecule has 0 saturated carbocycles. The predicted molar refractivity (Wildman–Crippen MR) is 85.1 cm³/mol. The van der Waals surface area contributed by atoms with Gasteiger partial charge in [-0.05, 0) is 49.9 Å². The van der Waals surface area contributed by atoms with E-state index in [-0.39, 0.29) is 0 Å². The molecule has 1 atom stereocenters. The van der Waals surface area contributed by atoms with Crippen LogP contribution in [0.5, 0.6) is 0 Å². The van der Waals surface area contributed by atoms with Gasteiger partial charge in [0.1, 0.15) is 0 Å². The third-order valence-corrected chi connectivity index (χ3v) is 4.24. The first-order chi connectivity index (χ1) is 9.93. The van der Waals surface area contributed by atoms with Gasteiger partial charge in [0.2, 0.25) is 0 Å². The van der Waals surface area contributed by atoms with E-state index in [0.29, 0.717) is 6.04 Å². The Labute approximate surface area is 121 Å². The van der Waals surface area contributed by atoms with E-state index in [1.54, 1.807) is 0 Å². The largest absolute Gasteiger partial charge is 0.347 e. The Morgan fingerprint density at radius 3 is 3.05 bits per heavy atom. The van der Waals surface area contributed by atoms with Crippen molar-refractivity contribution >= 4 is 10.9 Å². The number of hydrogen-bond donors (Lipinski definition) is 2. The number of nitrogens with one attached hydrogen (secondary N) is 2. The Kier molecular flexibility index (Phi) is 4.72. The monoisotopic (exact) mass is 271 g/mol. The standard InChI is InChI=1S/C17H25N3/c1-2-8-17-15(6-1)9-13-20(17)12-5-10-18-14-16-7-3-4-11-19-16/h1-2,6,8-9,13,16,18-19H,3-5,7,10-12,14H2. The smallest absolute Gasteiger partial charge is 0.0480 e. The lowest BCUT2D eigenvalue weighted by atomic mass is 10.1. The molecule has 1 aromatic carbocycles. The third kappa shape index (κ3) is 3.41. The highest BCUT2D eigenvalue weighted by Crippen LogP contribution is 2.15. The van der Waals surface area contributed by atoms with Crippen molar-refractivity contribution in [1.82, 2.24) is 15.2 Å². The second-order valence-electron chi connectivity index (χ2n) is 5.77. The van der Waals surface area contributed by atoms with Gasteiger partial charge in [-0.3, -0.25) is 0 Å². The van der Waals surface area contributed by atoms with Crippen molar-refractivity contribution in [2.75, 3.05) is 19.6 Å². The minimum atomic E-state index is 0.691. The van der Waals surface area contributed by atoms with Crippen LogP contribution in [0, 0.1) is 0 Å². The maximum Gasteiger partial charge on any atom is 0.0480 e. The molecule has 2 heterocycles. The van der Waals surface area contributed by atoms with Crippen molar-refractivity contribution in [3.8, 4) is 0 Å². The summed E-state index contributed by atoms with van der Waals surface area (Å²) in [5, 5.41) is 8.51. The number of piperidine rings is 1. The summed E-state index contributed by atoms with van der Waals surface area (Å²) in [4.78, 5) is 0. The Morgan fingerprint density at radius 2 is 2.15 bits per heavy atom. The number of para-hydroxylation sites is 1. The molecule has 1 aromatic heterocycles. The van der Waals surface area contributed by atoms with E-state index in [2.05, 4.69) is 51.7 Å². The van der Waals surface area contributed by atoms with E-state index in [1.165, 1.54) is 43.1 Å². The van der Waals surface area contributed by atoms with Crippen molar-refractivity contribution in [2.24, 2.45) is 0 Å². The van der Waals surface area contributed by atoms with Gasteiger partial charge in [-0.15, -0.1) is 0 Å². The highest BCUT2D eigenvalue weighted by atomic mass is 15.0. The average molecular weight is 271 g/mol. The first-order valence-electron chi connectivity index (χ1n) is 7.91. The minimum absolute atomic E-state index is 0.691. The molecule has 1 aliphatic rings. The van der Waals surface area contributed by atoms with Crippen LogP contribution in [0.1, 0.15) is 25.7 Å². The van der Waals surface area contributed by atoms with Crippen LogP contribution in [0.4, 0.5) is 0 Å². The van der Waals surface area contributed by atoms with E-state index < -0.39 is 0 Å². The van der Waals surface area contributed by atoms with Crippen LogP contribution >= 0.6 is 0 Å². The predicted octanol–water partition coefficient (Wildman–Crippen LogP) is 2.76. The molecule has 0 spiro atoms. The fourth-order valence-electron chi connectivity index (χ4n) is 3.08. The van der Waals surface area contributed by atoms with Crippen LogP contribution in [-0.2, 0) is 6.54 Å². The third-order valence-electron chi connectivity index (χ3n) is 4.24. The molecule has 0 amide bonds. The summed E-state index contributed by atoms with van der Waals surface area (Å²) in [5.74, 6) is 0. The lowest BCUT2D eigenvalue weighted by Gasteiger charge is -2.23. The molecule has 2 aromatic rings. The molecule has 1 fully saturated rings. The zero-order chi connectivity index (χ0) is 13.6. The Bertz CT molecular complexity index is 526. The molecule has 0 bridgehead atoms. The van der Waals surface area contributed by atoms with Crippen molar-refractivity contribution in [1.29, 1.82) is 0 Å². The van der Waals surface area contributed by atoms with Gasteiger partial charge in [0.05, 0.1) is 0 Å². The van der Waals surface area contributed by atoms with Crippen LogP contribution in [0.25, 0.3) is 10.9 Å². The van der Waals surface area contributed by atoms with E-state index in [0.717, 1.165) is 19.6 Å². The topological polar surface area (TPSA) is 29.0 Å². The van der Waals surface area contributed by atoms with Gasteiger partial charge in [0.25, 0.3) is 0 Å². The summed E-state index contributed by atoms with van der Waals surface area (Å²) in [6.45, 7) is 4.51. The van der Waals surface area contributed by atoms with Crippen LogP contribution < -0.4 is 10.6 Å². The van der Waals surface area contributed by atoms with E-state index in [9.17, 15) is 0 Å².